The Bertz CT molecular complexity index is 1160. The summed E-state index contributed by atoms with van der Waals surface area (Å²) >= 11 is 0. The minimum atomic E-state index is -1.51. The van der Waals surface area contributed by atoms with Gasteiger partial charge in [-0.3, -0.25) is 9.59 Å². The van der Waals surface area contributed by atoms with Crippen LogP contribution in [-0.2, 0) is 22.5 Å². The number of aliphatic hydroxyl groups is 1. The van der Waals surface area contributed by atoms with Gasteiger partial charge in [0.05, 0.1) is 29.0 Å². The summed E-state index contributed by atoms with van der Waals surface area (Å²) in [6, 6.07) is 10.00. The molecule has 1 atom stereocenters. The number of benzene rings is 1. The molecule has 26 heavy (non-hydrogen) atoms. The van der Waals surface area contributed by atoms with Gasteiger partial charge in [-0.2, -0.15) is 0 Å². The highest BCUT2D eigenvalue weighted by atomic mass is 16.6. The average molecular weight is 348 g/mol. The molecule has 0 aliphatic carbocycles. The van der Waals surface area contributed by atoms with Crippen molar-refractivity contribution in [2.75, 3.05) is 0 Å². The van der Waals surface area contributed by atoms with Crippen LogP contribution in [0.3, 0.4) is 0 Å². The van der Waals surface area contributed by atoms with Gasteiger partial charge in [0.2, 0.25) is 6.29 Å². The van der Waals surface area contributed by atoms with Crippen LogP contribution in [0.1, 0.15) is 35.0 Å². The molecule has 1 aromatic carbocycles. The van der Waals surface area contributed by atoms with E-state index in [1.807, 2.05) is 25.1 Å². The number of rotatable bonds is 0. The van der Waals surface area contributed by atoms with Crippen molar-refractivity contribution in [3.63, 3.8) is 0 Å². The maximum Gasteiger partial charge on any atom is 0.308 e. The average Bonchev–Trinajstić information content (AvgIpc) is 2.88. The standard InChI is InChI=1S/C20H16N2O4/c1-10-2-4-14-12(6-10)7-13-9-22-15(18(13)21-14)8-11-3-5-16(23)26-20(25)17(11)19(22)24/h2,4,6-8,20,25H,3,5,9H2,1H3. The lowest BCUT2D eigenvalue weighted by molar-refractivity contribution is -0.168. The minimum absolute atomic E-state index is 0.143. The highest BCUT2D eigenvalue weighted by molar-refractivity contribution is 5.84. The topological polar surface area (TPSA) is 81.4 Å². The predicted molar refractivity (Wildman–Crippen MR) is 94.7 cm³/mol. The molecule has 0 spiro atoms. The van der Waals surface area contributed by atoms with E-state index < -0.39 is 12.3 Å². The van der Waals surface area contributed by atoms with Crippen molar-refractivity contribution in [1.29, 1.82) is 0 Å². The second-order valence-corrected chi connectivity index (χ2v) is 6.89. The Labute approximate surface area is 148 Å². The number of carbonyl (C=O) groups excluding carboxylic acids is 1. The molecule has 130 valence electrons. The van der Waals surface area contributed by atoms with Gasteiger partial charge < -0.3 is 14.4 Å². The second-order valence-electron chi connectivity index (χ2n) is 6.89. The molecule has 0 saturated heterocycles. The zero-order valence-corrected chi connectivity index (χ0v) is 14.2. The maximum atomic E-state index is 13.0. The summed E-state index contributed by atoms with van der Waals surface area (Å²) < 4.78 is 6.52. The highest BCUT2D eigenvalue weighted by Gasteiger charge is 2.31. The van der Waals surface area contributed by atoms with Crippen LogP contribution < -0.4 is 5.56 Å². The van der Waals surface area contributed by atoms with E-state index in [0.29, 0.717) is 18.5 Å². The van der Waals surface area contributed by atoms with E-state index >= 15 is 0 Å². The third-order valence-corrected chi connectivity index (χ3v) is 5.13. The number of ether oxygens (including phenoxy) is 1. The van der Waals surface area contributed by atoms with E-state index in [0.717, 1.165) is 33.4 Å². The molecule has 1 N–H and O–H groups in total. The molecular weight excluding hydrogens is 332 g/mol. The summed E-state index contributed by atoms with van der Waals surface area (Å²) in [5.41, 5.74) is 5.02. The lowest BCUT2D eigenvalue weighted by Gasteiger charge is -2.13. The normalized spacial score (nSPS) is 18.1. The molecular formula is C20H16N2O4. The highest BCUT2D eigenvalue weighted by Crippen LogP contribution is 2.34. The third kappa shape index (κ3) is 2.12. The van der Waals surface area contributed by atoms with E-state index in [4.69, 9.17) is 9.72 Å². The molecule has 0 bridgehead atoms. The second kappa shape index (κ2) is 5.25. The summed E-state index contributed by atoms with van der Waals surface area (Å²) in [6.45, 7) is 2.43. The van der Waals surface area contributed by atoms with Crippen LogP contribution in [0.2, 0.25) is 0 Å². The summed E-state index contributed by atoms with van der Waals surface area (Å²) in [5, 5.41) is 11.2. The van der Waals surface area contributed by atoms with Crippen LogP contribution in [0, 0.1) is 6.92 Å². The first-order valence-corrected chi connectivity index (χ1v) is 8.56. The summed E-state index contributed by atoms with van der Waals surface area (Å²) in [7, 11) is 0. The number of esters is 1. The predicted octanol–water partition coefficient (Wildman–Crippen LogP) is 2.21. The first kappa shape index (κ1) is 15.3. The smallest absolute Gasteiger partial charge is 0.308 e. The van der Waals surface area contributed by atoms with Crippen molar-refractivity contribution in [2.45, 2.75) is 32.6 Å². The number of fused-ring (bicyclic) bond motifs is 5. The Hall–Kier alpha value is -2.99. The number of hydrogen-bond donors (Lipinski definition) is 1. The number of aromatic nitrogens is 2. The molecule has 6 heteroatoms. The third-order valence-electron chi connectivity index (χ3n) is 5.13. The molecule has 0 fully saturated rings. The zero-order valence-electron chi connectivity index (χ0n) is 14.2. The van der Waals surface area contributed by atoms with Gasteiger partial charge in [-0.15, -0.1) is 0 Å². The van der Waals surface area contributed by atoms with Crippen molar-refractivity contribution in [2.24, 2.45) is 0 Å². The molecule has 0 amide bonds. The molecule has 3 aromatic rings. The van der Waals surface area contributed by atoms with Gasteiger partial charge in [-0.05, 0) is 43.2 Å². The summed E-state index contributed by atoms with van der Waals surface area (Å²) in [4.78, 5) is 29.3. The van der Waals surface area contributed by atoms with Gasteiger partial charge in [0.15, 0.2) is 0 Å². The lowest BCUT2D eigenvalue weighted by atomic mass is 10.0. The van der Waals surface area contributed by atoms with E-state index in [-0.39, 0.29) is 17.5 Å². The number of nitrogens with zero attached hydrogens (tertiary/aromatic N) is 2. The van der Waals surface area contributed by atoms with Gasteiger partial charge in [0.25, 0.3) is 5.56 Å². The summed E-state index contributed by atoms with van der Waals surface area (Å²) in [6.07, 6.45) is -0.996. The van der Waals surface area contributed by atoms with Gasteiger partial charge in [-0.25, -0.2) is 4.98 Å². The van der Waals surface area contributed by atoms with Gasteiger partial charge in [-0.1, -0.05) is 11.6 Å². The fourth-order valence-corrected chi connectivity index (χ4v) is 3.87. The van der Waals surface area contributed by atoms with Crippen LogP contribution in [0.25, 0.3) is 22.3 Å². The minimum Gasteiger partial charge on any atom is -0.431 e. The summed E-state index contributed by atoms with van der Waals surface area (Å²) in [5.74, 6) is -0.502. The molecule has 2 aromatic heterocycles. The first-order valence-electron chi connectivity index (χ1n) is 8.56. The van der Waals surface area contributed by atoms with Gasteiger partial charge >= 0.3 is 5.97 Å². The van der Waals surface area contributed by atoms with Crippen LogP contribution in [0.15, 0.2) is 35.1 Å². The fourth-order valence-electron chi connectivity index (χ4n) is 3.87. The molecule has 0 radical (unpaired) electrons. The quantitative estimate of drug-likeness (QED) is 0.493. The fraction of sp³-hybridized carbons (Fsp3) is 0.250. The Morgan fingerprint density at radius 3 is 2.85 bits per heavy atom. The largest absolute Gasteiger partial charge is 0.431 e. The molecule has 1 unspecified atom stereocenters. The molecule has 5 rings (SSSR count). The van der Waals surface area contributed by atoms with Crippen molar-refractivity contribution in [3.8, 4) is 11.4 Å². The molecule has 2 aliphatic heterocycles. The van der Waals surface area contributed by atoms with Gasteiger partial charge in [0.1, 0.15) is 0 Å². The number of carbonyl (C=O) groups is 1. The van der Waals surface area contributed by atoms with Crippen LogP contribution in [0.4, 0.5) is 0 Å². The monoisotopic (exact) mass is 348 g/mol. The first-order chi connectivity index (χ1) is 12.5. The van der Waals surface area contributed by atoms with E-state index in [2.05, 4.69) is 12.1 Å². The Morgan fingerprint density at radius 1 is 1.15 bits per heavy atom. The van der Waals surface area contributed by atoms with E-state index in [9.17, 15) is 14.7 Å². The Kier molecular flexibility index (Phi) is 3.09. The van der Waals surface area contributed by atoms with Gasteiger partial charge in [0, 0.05) is 17.4 Å². The zero-order chi connectivity index (χ0) is 18.0. The number of hydrogen-bond acceptors (Lipinski definition) is 5. The molecule has 0 saturated carbocycles. The Morgan fingerprint density at radius 2 is 2.00 bits per heavy atom. The number of pyridine rings is 2. The van der Waals surface area contributed by atoms with E-state index in [1.54, 1.807) is 4.57 Å². The van der Waals surface area contributed by atoms with Crippen molar-refractivity contribution in [3.05, 3.63) is 62.9 Å². The number of aryl methyl sites for hydroxylation is 2. The van der Waals surface area contributed by atoms with Crippen LogP contribution in [-0.4, -0.2) is 20.6 Å². The molecule has 2 aliphatic rings. The van der Waals surface area contributed by atoms with Crippen molar-refractivity contribution in [1.82, 2.24) is 9.55 Å². The molecule has 4 heterocycles. The van der Waals surface area contributed by atoms with Crippen LogP contribution >= 0.6 is 0 Å². The van der Waals surface area contributed by atoms with Crippen molar-refractivity contribution < 1.29 is 14.6 Å². The SMILES string of the molecule is Cc1ccc2nc3c(cc2c1)Cn1c-3cc2c(c1=O)C(O)OC(=O)CC2. The molecule has 6 nitrogen and oxygen atoms in total. The van der Waals surface area contributed by atoms with E-state index in [1.165, 1.54) is 0 Å². The van der Waals surface area contributed by atoms with Crippen molar-refractivity contribution >= 4 is 16.9 Å². The van der Waals surface area contributed by atoms with Crippen LogP contribution in [0.5, 0.6) is 0 Å². The lowest BCUT2D eigenvalue weighted by Crippen LogP contribution is -2.27. The number of aliphatic hydroxyl groups excluding tert-OH is 1. The number of cyclic esters (lactones) is 1. The Balaban J connectivity index is 1.75. The maximum absolute atomic E-state index is 13.0.